The Hall–Kier alpha value is -3.09. The van der Waals surface area contributed by atoms with Crippen LogP contribution in [0.15, 0.2) is 42.5 Å². The topological polar surface area (TPSA) is 67.9 Å². The Labute approximate surface area is 150 Å². The van der Waals surface area contributed by atoms with Crippen molar-refractivity contribution < 1.29 is 23.5 Å². The molecular formula is C19H19FN2O4. The summed E-state index contributed by atoms with van der Waals surface area (Å²) in [5.74, 6) is -0.545. The highest BCUT2D eigenvalue weighted by molar-refractivity contribution is 6.05. The number of para-hydroxylation sites is 2. The minimum Gasteiger partial charge on any atom is -0.493 e. The highest BCUT2D eigenvalue weighted by Crippen LogP contribution is 2.31. The van der Waals surface area contributed by atoms with E-state index in [-0.39, 0.29) is 17.2 Å². The molecule has 1 aliphatic heterocycles. The quantitative estimate of drug-likeness (QED) is 0.891. The number of nitrogens with zero attached hydrogens (tertiary/aromatic N) is 1. The maximum Gasteiger partial charge on any atom is 0.255 e. The molecule has 2 aromatic rings. The van der Waals surface area contributed by atoms with E-state index in [1.807, 2.05) is 0 Å². The van der Waals surface area contributed by atoms with Gasteiger partial charge in [-0.2, -0.15) is 0 Å². The molecule has 1 saturated heterocycles. The number of benzene rings is 2. The van der Waals surface area contributed by atoms with Crippen LogP contribution in [-0.4, -0.2) is 38.6 Å². The Kier molecular flexibility index (Phi) is 5.06. The molecule has 0 spiro atoms. The van der Waals surface area contributed by atoms with Crippen molar-refractivity contribution in [3.05, 3.63) is 53.8 Å². The molecule has 2 aromatic carbocycles. The molecule has 6 nitrogen and oxygen atoms in total. The zero-order chi connectivity index (χ0) is 18.7. The fourth-order valence-electron chi connectivity index (χ4n) is 3.03. The number of methoxy groups -OCH3 is 2. The fraction of sp³-hybridized carbons (Fsp3) is 0.263. The number of carbonyl (C=O) groups excluding carboxylic acids is 2. The third-order valence-corrected chi connectivity index (χ3v) is 4.30. The summed E-state index contributed by atoms with van der Waals surface area (Å²) in [5.41, 5.74) is 0.484. The Morgan fingerprint density at radius 2 is 1.92 bits per heavy atom. The van der Waals surface area contributed by atoms with Crippen LogP contribution in [0.5, 0.6) is 11.5 Å². The van der Waals surface area contributed by atoms with Crippen molar-refractivity contribution in [2.24, 2.45) is 0 Å². The Bertz CT molecular complexity index is 840. The van der Waals surface area contributed by atoms with E-state index in [2.05, 4.69) is 5.32 Å². The van der Waals surface area contributed by atoms with Crippen LogP contribution in [0.25, 0.3) is 0 Å². The molecule has 1 unspecified atom stereocenters. The Morgan fingerprint density at radius 1 is 1.15 bits per heavy atom. The van der Waals surface area contributed by atoms with Gasteiger partial charge in [-0.05, 0) is 30.7 Å². The number of rotatable bonds is 5. The number of hydrogen-bond donors (Lipinski definition) is 1. The number of ether oxygens (including phenoxy) is 2. The van der Waals surface area contributed by atoms with Gasteiger partial charge in [0.05, 0.1) is 25.5 Å². The molecule has 1 N–H and O–H groups in total. The van der Waals surface area contributed by atoms with Crippen LogP contribution in [0.4, 0.5) is 10.1 Å². The first-order chi connectivity index (χ1) is 12.6. The Morgan fingerprint density at radius 3 is 2.62 bits per heavy atom. The van der Waals surface area contributed by atoms with Crippen molar-refractivity contribution >= 4 is 17.5 Å². The van der Waals surface area contributed by atoms with Crippen molar-refractivity contribution in [3.63, 3.8) is 0 Å². The Balaban J connectivity index is 1.77. The molecule has 0 saturated carbocycles. The van der Waals surface area contributed by atoms with Crippen molar-refractivity contribution in [3.8, 4) is 11.5 Å². The predicted octanol–water partition coefficient (Wildman–Crippen LogP) is 2.38. The smallest absolute Gasteiger partial charge is 0.255 e. The lowest BCUT2D eigenvalue weighted by Gasteiger charge is -2.18. The summed E-state index contributed by atoms with van der Waals surface area (Å²) in [5, 5.41) is 2.70. The molecule has 1 atom stereocenters. The van der Waals surface area contributed by atoms with E-state index in [4.69, 9.17) is 9.47 Å². The van der Waals surface area contributed by atoms with Crippen molar-refractivity contribution in [1.29, 1.82) is 0 Å². The molecule has 0 bridgehead atoms. The van der Waals surface area contributed by atoms with Gasteiger partial charge in [0.1, 0.15) is 11.9 Å². The second-order valence-electron chi connectivity index (χ2n) is 5.80. The minimum absolute atomic E-state index is 0.216. The summed E-state index contributed by atoms with van der Waals surface area (Å²) in [6.45, 7) is 0.333. The summed E-state index contributed by atoms with van der Waals surface area (Å²) < 4.78 is 24.4. The van der Waals surface area contributed by atoms with Crippen LogP contribution in [-0.2, 0) is 4.79 Å². The maximum absolute atomic E-state index is 13.9. The molecule has 26 heavy (non-hydrogen) atoms. The van der Waals surface area contributed by atoms with E-state index in [0.717, 1.165) is 0 Å². The molecule has 3 rings (SSSR count). The number of nitrogens with one attached hydrogen (secondary N) is 1. The molecule has 1 heterocycles. The lowest BCUT2D eigenvalue weighted by molar-refractivity contribution is -0.118. The van der Waals surface area contributed by atoms with Gasteiger partial charge >= 0.3 is 0 Å². The molecule has 0 aromatic heterocycles. The largest absolute Gasteiger partial charge is 0.493 e. The summed E-state index contributed by atoms with van der Waals surface area (Å²) in [6, 6.07) is 10.3. The highest BCUT2D eigenvalue weighted by Gasteiger charge is 2.35. The van der Waals surface area contributed by atoms with Gasteiger partial charge in [0.2, 0.25) is 5.91 Å². The third kappa shape index (κ3) is 3.20. The molecule has 1 aliphatic rings. The zero-order valence-electron chi connectivity index (χ0n) is 14.5. The van der Waals surface area contributed by atoms with Crippen molar-refractivity contribution in [1.82, 2.24) is 5.32 Å². The first-order valence-corrected chi connectivity index (χ1v) is 8.14. The average Bonchev–Trinajstić information content (AvgIpc) is 3.01. The van der Waals surface area contributed by atoms with Gasteiger partial charge in [0, 0.05) is 6.54 Å². The lowest BCUT2D eigenvalue weighted by Crippen LogP contribution is -2.41. The molecule has 2 amide bonds. The van der Waals surface area contributed by atoms with Gasteiger partial charge < -0.3 is 19.7 Å². The van der Waals surface area contributed by atoms with E-state index in [9.17, 15) is 14.0 Å². The second-order valence-corrected chi connectivity index (χ2v) is 5.80. The van der Waals surface area contributed by atoms with E-state index >= 15 is 0 Å². The van der Waals surface area contributed by atoms with Crippen molar-refractivity contribution in [2.45, 2.75) is 12.5 Å². The molecule has 0 radical (unpaired) electrons. The first kappa shape index (κ1) is 17.7. The lowest BCUT2D eigenvalue weighted by atomic mass is 10.1. The zero-order valence-corrected chi connectivity index (χ0v) is 14.5. The van der Waals surface area contributed by atoms with Crippen LogP contribution in [0, 0.1) is 5.82 Å². The van der Waals surface area contributed by atoms with E-state index in [1.54, 1.807) is 36.4 Å². The van der Waals surface area contributed by atoms with Gasteiger partial charge in [-0.1, -0.05) is 18.2 Å². The van der Waals surface area contributed by atoms with Crippen LogP contribution >= 0.6 is 0 Å². The number of anilines is 1. The summed E-state index contributed by atoms with van der Waals surface area (Å²) in [6.07, 6.45) is 0.394. The number of halogens is 1. The van der Waals surface area contributed by atoms with Gasteiger partial charge in [0.25, 0.3) is 5.91 Å². The van der Waals surface area contributed by atoms with Crippen LogP contribution < -0.4 is 19.7 Å². The van der Waals surface area contributed by atoms with Crippen LogP contribution in [0.3, 0.4) is 0 Å². The normalized spacial score (nSPS) is 16.5. The predicted molar refractivity (Wildman–Crippen MR) is 94.2 cm³/mol. The maximum atomic E-state index is 13.9. The molecular weight excluding hydrogens is 339 g/mol. The van der Waals surface area contributed by atoms with Gasteiger partial charge in [-0.3, -0.25) is 9.59 Å². The highest BCUT2D eigenvalue weighted by atomic mass is 19.1. The van der Waals surface area contributed by atoms with E-state index in [0.29, 0.717) is 24.5 Å². The number of hydrogen-bond acceptors (Lipinski definition) is 4. The number of carbonyl (C=O) groups is 2. The third-order valence-electron chi connectivity index (χ3n) is 4.30. The van der Waals surface area contributed by atoms with Crippen LogP contribution in [0.1, 0.15) is 16.8 Å². The van der Waals surface area contributed by atoms with Crippen molar-refractivity contribution in [2.75, 3.05) is 25.7 Å². The van der Waals surface area contributed by atoms with E-state index < -0.39 is 17.8 Å². The van der Waals surface area contributed by atoms with E-state index in [1.165, 1.54) is 25.2 Å². The number of amides is 2. The molecule has 0 aliphatic carbocycles. The summed E-state index contributed by atoms with van der Waals surface area (Å²) >= 11 is 0. The minimum atomic E-state index is -0.724. The van der Waals surface area contributed by atoms with Gasteiger partial charge in [-0.25, -0.2) is 4.39 Å². The van der Waals surface area contributed by atoms with Gasteiger partial charge in [-0.15, -0.1) is 0 Å². The summed E-state index contributed by atoms with van der Waals surface area (Å²) in [7, 11) is 2.92. The summed E-state index contributed by atoms with van der Waals surface area (Å²) in [4.78, 5) is 26.6. The SMILES string of the molecule is COc1cccc(C(=O)NC2CCN(c3ccccc3F)C2=O)c1OC. The monoisotopic (exact) mass is 358 g/mol. The average molecular weight is 358 g/mol. The first-order valence-electron chi connectivity index (χ1n) is 8.14. The molecule has 136 valence electrons. The standard InChI is InChI=1S/C19H19FN2O4/c1-25-16-9-5-6-12(17(16)26-2)18(23)21-14-10-11-22(19(14)24)15-8-4-3-7-13(15)20/h3-9,14H,10-11H2,1-2H3,(H,21,23). The molecule has 7 heteroatoms. The van der Waals surface area contributed by atoms with Gasteiger partial charge in [0.15, 0.2) is 11.5 Å². The second kappa shape index (κ2) is 7.43. The molecule has 1 fully saturated rings. The van der Waals surface area contributed by atoms with Crippen LogP contribution in [0.2, 0.25) is 0 Å². The fourth-order valence-corrected chi connectivity index (χ4v) is 3.03.